The highest BCUT2D eigenvalue weighted by molar-refractivity contribution is 5.46. The molecule has 18 heavy (non-hydrogen) atoms. The second-order valence-electron chi connectivity index (χ2n) is 4.55. The lowest BCUT2D eigenvalue weighted by atomic mass is 9.83. The third-order valence-corrected chi connectivity index (χ3v) is 3.47. The van der Waals surface area contributed by atoms with Crippen LogP contribution in [0.3, 0.4) is 0 Å². The van der Waals surface area contributed by atoms with Crippen LogP contribution in [0, 0.1) is 12.3 Å². The Balaban J connectivity index is 2.76. The molecule has 1 aromatic heterocycles. The second kappa shape index (κ2) is 6.51. The molecule has 1 rings (SSSR count). The first-order chi connectivity index (χ1) is 8.59. The molecule has 0 aliphatic rings. The van der Waals surface area contributed by atoms with Gasteiger partial charge in [-0.2, -0.15) is 0 Å². The quantitative estimate of drug-likeness (QED) is 0.432. The molecule has 102 valence electrons. The zero-order chi connectivity index (χ0) is 13.6. The predicted octanol–water partition coefficient (Wildman–Crippen LogP) is 1.28. The molecule has 5 N–H and O–H groups in total. The highest BCUT2D eigenvalue weighted by atomic mass is 16.3. The molecule has 0 fully saturated rings. The van der Waals surface area contributed by atoms with Gasteiger partial charge in [0.25, 0.3) is 0 Å². The van der Waals surface area contributed by atoms with Crippen molar-refractivity contribution in [2.75, 3.05) is 23.9 Å². The van der Waals surface area contributed by atoms with E-state index in [0.29, 0.717) is 18.2 Å². The fourth-order valence-corrected chi connectivity index (χ4v) is 1.79. The average molecular weight is 253 g/mol. The average Bonchev–Trinajstić information content (AvgIpc) is 2.40. The summed E-state index contributed by atoms with van der Waals surface area (Å²) < 4.78 is 0. The van der Waals surface area contributed by atoms with E-state index in [2.05, 4.69) is 34.6 Å². The SMILES string of the molecule is CCC(CC)(CO)CNc1cc(NN)nc(C)n1. The second-order valence-corrected chi connectivity index (χ2v) is 4.55. The van der Waals surface area contributed by atoms with E-state index in [4.69, 9.17) is 5.84 Å². The molecule has 0 bridgehead atoms. The molecule has 6 nitrogen and oxygen atoms in total. The Morgan fingerprint density at radius 2 is 1.89 bits per heavy atom. The zero-order valence-corrected chi connectivity index (χ0v) is 11.3. The van der Waals surface area contributed by atoms with Crippen LogP contribution in [0.4, 0.5) is 11.6 Å². The van der Waals surface area contributed by atoms with Crippen LogP contribution >= 0.6 is 0 Å². The number of anilines is 2. The van der Waals surface area contributed by atoms with Gasteiger partial charge in [0, 0.05) is 18.0 Å². The lowest BCUT2D eigenvalue weighted by Crippen LogP contribution is -2.32. The predicted molar refractivity (Wildman–Crippen MR) is 73.2 cm³/mol. The number of nitrogens with one attached hydrogen (secondary N) is 2. The van der Waals surface area contributed by atoms with Gasteiger partial charge in [-0.3, -0.25) is 0 Å². The van der Waals surface area contributed by atoms with Gasteiger partial charge in [0.05, 0.1) is 6.61 Å². The van der Waals surface area contributed by atoms with Gasteiger partial charge in [-0.25, -0.2) is 15.8 Å². The highest BCUT2D eigenvalue weighted by Gasteiger charge is 2.25. The number of hydrogen-bond donors (Lipinski definition) is 4. The van der Waals surface area contributed by atoms with Gasteiger partial charge in [-0.1, -0.05) is 13.8 Å². The van der Waals surface area contributed by atoms with Crippen LogP contribution in [0.25, 0.3) is 0 Å². The van der Waals surface area contributed by atoms with Crippen molar-refractivity contribution < 1.29 is 5.11 Å². The number of aliphatic hydroxyl groups excluding tert-OH is 1. The van der Waals surface area contributed by atoms with Gasteiger partial charge in [0.2, 0.25) is 0 Å². The summed E-state index contributed by atoms with van der Waals surface area (Å²) in [4.78, 5) is 8.41. The van der Waals surface area contributed by atoms with Crippen molar-refractivity contribution in [3.05, 3.63) is 11.9 Å². The monoisotopic (exact) mass is 253 g/mol. The van der Waals surface area contributed by atoms with Crippen LogP contribution in [-0.4, -0.2) is 28.2 Å². The molecule has 6 heteroatoms. The molecule has 0 radical (unpaired) electrons. The molecule has 1 heterocycles. The van der Waals surface area contributed by atoms with Crippen LogP contribution in [-0.2, 0) is 0 Å². The Bertz CT molecular complexity index is 370. The molecule has 0 saturated heterocycles. The van der Waals surface area contributed by atoms with Crippen molar-refractivity contribution in [1.29, 1.82) is 0 Å². The maximum atomic E-state index is 9.50. The van der Waals surface area contributed by atoms with Crippen molar-refractivity contribution in [2.24, 2.45) is 11.3 Å². The van der Waals surface area contributed by atoms with E-state index in [1.807, 2.05) is 6.92 Å². The number of hydrazine groups is 1. The number of nitrogens with zero attached hydrogens (tertiary/aromatic N) is 2. The van der Waals surface area contributed by atoms with E-state index >= 15 is 0 Å². The Morgan fingerprint density at radius 1 is 1.28 bits per heavy atom. The number of nitrogens with two attached hydrogens (primary N) is 1. The number of aryl methyl sites for hydroxylation is 1. The lowest BCUT2D eigenvalue weighted by Gasteiger charge is -2.29. The summed E-state index contributed by atoms with van der Waals surface area (Å²) in [5.41, 5.74) is 2.40. The van der Waals surface area contributed by atoms with Crippen molar-refractivity contribution in [1.82, 2.24) is 9.97 Å². The summed E-state index contributed by atoms with van der Waals surface area (Å²) in [6.07, 6.45) is 1.83. The van der Waals surface area contributed by atoms with Crippen LogP contribution in [0.15, 0.2) is 6.07 Å². The van der Waals surface area contributed by atoms with Crippen LogP contribution in [0.5, 0.6) is 0 Å². The molecule has 0 aromatic carbocycles. The normalized spacial score (nSPS) is 11.4. The minimum atomic E-state index is -0.102. The maximum Gasteiger partial charge on any atom is 0.145 e. The molecule has 0 saturated carbocycles. The van der Waals surface area contributed by atoms with Crippen molar-refractivity contribution in [3.8, 4) is 0 Å². The van der Waals surface area contributed by atoms with E-state index in [-0.39, 0.29) is 12.0 Å². The Labute approximate surface area is 108 Å². The third kappa shape index (κ3) is 3.54. The molecule has 0 atom stereocenters. The fraction of sp³-hybridized carbons (Fsp3) is 0.667. The number of aliphatic hydroxyl groups is 1. The zero-order valence-electron chi connectivity index (χ0n) is 11.3. The molecule has 1 aromatic rings. The number of hydrogen-bond acceptors (Lipinski definition) is 6. The number of aromatic nitrogens is 2. The Hall–Kier alpha value is -1.40. The topological polar surface area (TPSA) is 96.1 Å². The first kappa shape index (κ1) is 14.7. The fourth-order valence-electron chi connectivity index (χ4n) is 1.79. The summed E-state index contributed by atoms with van der Waals surface area (Å²) in [6.45, 7) is 6.82. The van der Waals surface area contributed by atoms with Crippen molar-refractivity contribution in [3.63, 3.8) is 0 Å². The van der Waals surface area contributed by atoms with E-state index in [1.54, 1.807) is 6.07 Å². The Morgan fingerprint density at radius 3 is 2.39 bits per heavy atom. The number of rotatable bonds is 7. The molecule has 0 unspecified atom stereocenters. The maximum absolute atomic E-state index is 9.50. The smallest absolute Gasteiger partial charge is 0.145 e. The van der Waals surface area contributed by atoms with E-state index in [0.717, 1.165) is 18.7 Å². The van der Waals surface area contributed by atoms with E-state index in [9.17, 15) is 5.11 Å². The largest absolute Gasteiger partial charge is 0.396 e. The van der Waals surface area contributed by atoms with Crippen LogP contribution < -0.4 is 16.6 Å². The summed E-state index contributed by atoms with van der Waals surface area (Å²) in [6, 6.07) is 1.75. The van der Waals surface area contributed by atoms with Crippen LogP contribution in [0.2, 0.25) is 0 Å². The summed E-state index contributed by atoms with van der Waals surface area (Å²) >= 11 is 0. The Kier molecular flexibility index (Phi) is 5.30. The standard InChI is InChI=1S/C12H23N5O/c1-4-12(5-2,8-18)7-14-10-6-11(17-13)16-9(3)15-10/h6,18H,4-5,7-8,13H2,1-3H3,(H2,14,15,16,17). The van der Waals surface area contributed by atoms with E-state index < -0.39 is 0 Å². The highest BCUT2D eigenvalue weighted by Crippen LogP contribution is 2.26. The summed E-state index contributed by atoms with van der Waals surface area (Å²) in [5, 5.41) is 12.8. The minimum absolute atomic E-state index is 0.102. The molecule has 0 aliphatic heterocycles. The third-order valence-electron chi connectivity index (χ3n) is 3.47. The van der Waals surface area contributed by atoms with Gasteiger partial charge in [0.1, 0.15) is 17.5 Å². The molecular formula is C12H23N5O. The molecular weight excluding hydrogens is 230 g/mol. The van der Waals surface area contributed by atoms with Crippen molar-refractivity contribution in [2.45, 2.75) is 33.6 Å². The summed E-state index contributed by atoms with van der Waals surface area (Å²) in [7, 11) is 0. The van der Waals surface area contributed by atoms with Crippen molar-refractivity contribution >= 4 is 11.6 Å². The first-order valence-corrected chi connectivity index (χ1v) is 6.26. The van der Waals surface area contributed by atoms with Crippen LogP contribution in [0.1, 0.15) is 32.5 Å². The summed E-state index contributed by atoms with van der Waals surface area (Å²) in [5.74, 6) is 7.28. The van der Waals surface area contributed by atoms with Gasteiger partial charge in [-0.05, 0) is 19.8 Å². The van der Waals surface area contributed by atoms with E-state index in [1.165, 1.54) is 0 Å². The minimum Gasteiger partial charge on any atom is -0.396 e. The van der Waals surface area contributed by atoms with Gasteiger partial charge >= 0.3 is 0 Å². The van der Waals surface area contributed by atoms with Gasteiger partial charge in [0.15, 0.2) is 0 Å². The lowest BCUT2D eigenvalue weighted by molar-refractivity contribution is 0.127. The van der Waals surface area contributed by atoms with Gasteiger partial charge in [-0.15, -0.1) is 0 Å². The molecule has 0 aliphatic carbocycles. The number of nitrogen functional groups attached to an aromatic ring is 1. The van der Waals surface area contributed by atoms with Gasteiger partial charge < -0.3 is 15.8 Å². The molecule has 0 amide bonds. The first-order valence-electron chi connectivity index (χ1n) is 6.26. The molecule has 0 spiro atoms.